The van der Waals surface area contributed by atoms with Crippen molar-refractivity contribution in [1.29, 1.82) is 0 Å². The molecule has 7 nitrogen and oxygen atoms in total. The summed E-state index contributed by atoms with van der Waals surface area (Å²) >= 11 is 0. The van der Waals surface area contributed by atoms with Gasteiger partial charge < -0.3 is 0 Å². The Kier molecular flexibility index (Phi) is 68.9. The Labute approximate surface area is 66.5 Å². The fraction of sp³-hybridized carbons (Fsp3) is 0. The van der Waals surface area contributed by atoms with Crippen molar-refractivity contribution < 1.29 is 0 Å². The van der Waals surface area contributed by atoms with Crippen LogP contribution in [0.4, 0.5) is 0 Å². The normalized spacial score (nSPS) is 4.36. The van der Waals surface area contributed by atoms with Crippen LogP contribution in [0.15, 0.2) is 24.8 Å². The van der Waals surface area contributed by atoms with Crippen molar-refractivity contribution in [2.24, 2.45) is 0 Å². The molecule has 0 fully saturated rings. The zero-order valence-electron chi connectivity index (χ0n) is 5.44. The van der Waals surface area contributed by atoms with Gasteiger partial charge in [0, 0.05) is 43.1 Å². The summed E-state index contributed by atoms with van der Waals surface area (Å²) in [5.41, 5.74) is 0. The van der Waals surface area contributed by atoms with E-state index in [1.54, 1.807) is 18.5 Å². The van der Waals surface area contributed by atoms with Crippen LogP contribution in [0.2, 0.25) is 0 Å². The smallest absolute Gasteiger partial charge is 0.115 e. The molecule has 0 amide bonds. The lowest BCUT2D eigenvalue weighted by Gasteiger charge is -1.70. The summed E-state index contributed by atoms with van der Waals surface area (Å²) in [5.74, 6) is 0. The molecule has 0 aromatic carbocycles. The van der Waals surface area contributed by atoms with Crippen molar-refractivity contribution in [3.63, 3.8) is 0 Å². The Balaban J connectivity index is -0.0000000240. The van der Waals surface area contributed by atoms with Crippen molar-refractivity contribution in [2.45, 2.75) is 0 Å². The monoisotopic (exact) mass is 150 g/mol. The van der Waals surface area contributed by atoms with Crippen molar-refractivity contribution in [2.75, 3.05) is 0 Å². The second-order valence-electron chi connectivity index (χ2n) is 0.904. The molecule has 0 aliphatic rings. The SMILES string of the molecule is [N].[N].[N].[N].[N].c1cncnc1. The Bertz CT molecular complexity index is 82.4. The third kappa shape index (κ3) is 17.7. The van der Waals surface area contributed by atoms with Crippen LogP contribution in [0, 0.1) is 0 Å². The molecule has 0 aliphatic carbocycles. The summed E-state index contributed by atoms with van der Waals surface area (Å²) in [6.07, 6.45) is 4.88. The van der Waals surface area contributed by atoms with E-state index in [0.29, 0.717) is 0 Å². The van der Waals surface area contributed by atoms with Crippen molar-refractivity contribution >= 4 is 0 Å². The molecule has 0 atom stereocenters. The third-order valence-electron chi connectivity index (χ3n) is 0.478. The number of nitrogens with zero attached hydrogens (tertiary/aromatic N) is 7. The summed E-state index contributed by atoms with van der Waals surface area (Å²) in [5, 5.41) is 0. The molecule has 1 aromatic heterocycles. The number of aromatic nitrogens is 2. The highest BCUT2D eigenvalue weighted by Gasteiger charge is 1.59. The highest BCUT2D eigenvalue weighted by molar-refractivity contribution is 4.74. The molecular formula is C4H4N7. The fourth-order valence-corrected chi connectivity index (χ4v) is 0.253. The van der Waals surface area contributed by atoms with E-state index in [0.717, 1.165) is 0 Å². The van der Waals surface area contributed by atoms with E-state index in [9.17, 15) is 0 Å². The molecule has 55 valence electrons. The standard InChI is InChI=1S/C4H4N2.5N/c1-2-5-4-6-3-1;;;;;/h1-4H;;;;;. The first kappa shape index (κ1) is 32.7. The van der Waals surface area contributed by atoms with E-state index in [4.69, 9.17) is 0 Å². The van der Waals surface area contributed by atoms with Gasteiger partial charge in [-0.3, -0.25) is 0 Å². The van der Waals surface area contributed by atoms with Crippen LogP contribution in [0.5, 0.6) is 0 Å². The average molecular weight is 150 g/mol. The minimum atomic E-state index is 0. The van der Waals surface area contributed by atoms with E-state index >= 15 is 0 Å². The van der Waals surface area contributed by atoms with Gasteiger partial charge in [-0.2, -0.15) is 0 Å². The topological polar surface area (TPSA) is 178 Å². The molecule has 15 radical (unpaired) electrons. The molecule has 1 heterocycles. The predicted molar refractivity (Wildman–Crippen MR) is 32.7 cm³/mol. The van der Waals surface area contributed by atoms with Gasteiger partial charge in [0.2, 0.25) is 0 Å². The zero-order valence-corrected chi connectivity index (χ0v) is 5.44. The Morgan fingerprint density at radius 1 is 0.636 bits per heavy atom. The van der Waals surface area contributed by atoms with Crippen molar-refractivity contribution in [1.82, 2.24) is 40.7 Å². The maximum atomic E-state index is 3.67. The highest BCUT2D eigenvalue weighted by atomic mass is 14.8. The van der Waals surface area contributed by atoms with Gasteiger partial charge in [-0.15, -0.1) is 0 Å². The quantitative estimate of drug-likeness (QED) is 0.418. The molecule has 1 rings (SSSR count). The van der Waals surface area contributed by atoms with Gasteiger partial charge in [-0.1, -0.05) is 0 Å². The zero-order chi connectivity index (χ0) is 4.24. The first-order valence-corrected chi connectivity index (χ1v) is 1.70. The van der Waals surface area contributed by atoms with E-state index in [-0.39, 0.29) is 30.8 Å². The van der Waals surface area contributed by atoms with Crippen LogP contribution in [0.25, 0.3) is 0 Å². The lowest BCUT2D eigenvalue weighted by Crippen LogP contribution is -1.66. The Morgan fingerprint density at radius 3 is 1.09 bits per heavy atom. The maximum Gasteiger partial charge on any atom is 0.115 e. The van der Waals surface area contributed by atoms with E-state index in [2.05, 4.69) is 9.97 Å². The van der Waals surface area contributed by atoms with Crippen LogP contribution >= 0.6 is 0 Å². The van der Waals surface area contributed by atoms with Crippen molar-refractivity contribution in [3.05, 3.63) is 24.8 Å². The molecule has 0 aliphatic heterocycles. The van der Waals surface area contributed by atoms with Crippen LogP contribution in [-0.4, -0.2) is 9.97 Å². The fourth-order valence-electron chi connectivity index (χ4n) is 0.253. The molecule has 7 heteroatoms. The lowest BCUT2D eigenvalue weighted by atomic mass is 10.7. The second-order valence-corrected chi connectivity index (χ2v) is 0.904. The molecule has 0 bridgehead atoms. The minimum Gasteiger partial charge on any atom is -0.245 e. The molecule has 1 aromatic rings. The van der Waals surface area contributed by atoms with Gasteiger partial charge in [0.1, 0.15) is 6.33 Å². The number of hydrogen-bond donors (Lipinski definition) is 0. The lowest BCUT2D eigenvalue weighted by molar-refractivity contribution is 1.17. The molecule has 0 saturated heterocycles. The average Bonchev–Trinajstić information content (AvgIpc) is 1.72. The first-order valence-electron chi connectivity index (χ1n) is 1.70. The third-order valence-corrected chi connectivity index (χ3v) is 0.478. The Hall–Kier alpha value is -1.12. The second kappa shape index (κ2) is 23.2. The molecule has 0 saturated carbocycles. The summed E-state index contributed by atoms with van der Waals surface area (Å²) in [4.78, 5) is 7.35. The predicted octanol–water partition coefficient (Wildman–Crippen LogP) is -1.93. The van der Waals surface area contributed by atoms with E-state index in [1.807, 2.05) is 0 Å². The van der Waals surface area contributed by atoms with Crippen molar-refractivity contribution in [3.8, 4) is 0 Å². The summed E-state index contributed by atoms with van der Waals surface area (Å²) in [7, 11) is 0. The van der Waals surface area contributed by atoms with Gasteiger partial charge in [0.05, 0.1) is 0 Å². The van der Waals surface area contributed by atoms with E-state index < -0.39 is 0 Å². The summed E-state index contributed by atoms with van der Waals surface area (Å²) in [6, 6.07) is 1.78. The number of rotatable bonds is 0. The molecular weight excluding hydrogens is 146 g/mol. The van der Waals surface area contributed by atoms with Crippen LogP contribution < -0.4 is 30.8 Å². The van der Waals surface area contributed by atoms with Crippen LogP contribution in [0.1, 0.15) is 0 Å². The molecule has 0 unspecified atom stereocenters. The van der Waals surface area contributed by atoms with Crippen LogP contribution in [-0.2, 0) is 0 Å². The number of hydrogen-bond acceptors (Lipinski definition) is 2. The van der Waals surface area contributed by atoms with E-state index in [1.165, 1.54) is 6.33 Å². The van der Waals surface area contributed by atoms with Gasteiger partial charge in [0.15, 0.2) is 0 Å². The largest absolute Gasteiger partial charge is 0.245 e. The first-order chi connectivity index (χ1) is 3.00. The summed E-state index contributed by atoms with van der Waals surface area (Å²) in [6.45, 7) is 0. The van der Waals surface area contributed by atoms with Crippen LogP contribution in [0.3, 0.4) is 0 Å². The molecule has 0 N–H and O–H groups in total. The Morgan fingerprint density at radius 2 is 1.00 bits per heavy atom. The highest BCUT2D eigenvalue weighted by Crippen LogP contribution is 1.66. The minimum absolute atomic E-state index is 0. The van der Waals surface area contributed by atoms with Gasteiger partial charge in [0.25, 0.3) is 0 Å². The van der Waals surface area contributed by atoms with Gasteiger partial charge in [-0.25, -0.2) is 9.97 Å². The summed E-state index contributed by atoms with van der Waals surface area (Å²) < 4.78 is 0. The molecule has 11 heavy (non-hydrogen) atoms. The maximum absolute atomic E-state index is 3.67. The molecule has 0 spiro atoms. The van der Waals surface area contributed by atoms with Gasteiger partial charge >= 0.3 is 0 Å². The van der Waals surface area contributed by atoms with Gasteiger partial charge in [-0.05, 0) is 6.07 Å².